The zero-order valence-electron chi connectivity index (χ0n) is 18.0. The molecule has 21 nitrogen and oxygen atoms in total. The minimum atomic E-state index is -5.95. The Morgan fingerprint density at radius 1 is 1.31 bits per heavy atom. The van der Waals surface area contributed by atoms with Crippen LogP contribution in [0.2, 0.25) is 0 Å². The number of ether oxygens (including phenoxy) is 2. The molecule has 1 aliphatic rings. The number of aromatic amines is 1. The van der Waals surface area contributed by atoms with E-state index in [2.05, 4.69) is 18.6 Å². The Balaban J connectivity index is 0.00000648. The van der Waals surface area contributed by atoms with E-state index in [1.807, 2.05) is 4.98 Å². The molecule has 0 aromatic carbocycles. The van der Waals surface area contributed by atoms with Gasteiger partial charge in [-0.25, -0.2) is 23.0 Å². The van der Waals surface area contributed by atoms with E-state index in [9.17, 15) is 43.0 Å². The summed E-state index contributed by atoms with van der Waals surface area (Å²) in [6.07, 6.45) is -1.49. The summed E-state index contributed by atoms with van der Waals surface area (Å²) in [5, 5.41) is 12.6. The number of azide groups is 1. The second kappa shape index (κ2) is 11.9. The summed E-state index contributed by atoms with van der Waals surface area (Å²) in [5.74, 6) is -5.09. The van der Waals surface area contributed by atoms with E-state index in [1.54, 1.807) is 0 Å². The predicted molar refractivity (Wildman–Crippen MR) is 114 cm³/mol. The van der Waals surface area contributed by atoms with E-state index in [1.165, 1.54) is 6.92 Å². The number of rotatable bonds is 11. The molecule has 6 atom stereocenters. The molecule has 1 fully saturated rings. The third kappa shape index (κ3) is 8.43. The van der Waals surface area contributed by atoms with E-state index >= 15 is 0 Å². The minimum absolute atomic E-state index is 0. The number of aliphatic carboxylic acids is 1. The maximum atomic E-state index is 12.2. The third-order valence-electron chi connectivity index (χ3n) is 4.22. The quantitative estimate of drug-likeness (QED) is 0.0769. The Kier molecular flexibility index (Phi) is 10.5. The highest BCUT2D eigenvalue weighted by atomic mass is 31.3. The van der Waals surface area contributed by atoms with Crippen LogP contribution in [0, 0.1) is 6.92 Å². The highest BCUT2D eigenvalue weighted by Crippen LogP contribution is 2.67. The molecule has 0 saturated carbocycles. The van der Waals surface area contributed by atoms with Gasteiger partial charge in [-0.15, -0.1) is 0 Å². The second-order valence-electron chi connectivity index (χ2n) is 6.83. The van der Waals surface area contributed by atoms with Gasteiger partial charge in [0, 0.05) is 23.1 Å². The monoisotopic (exact) mass is 582 g/mol. The first-order chi connectivity index (χ1) is 16.0. The zero-order chi connectivity index (χ0) is 26.8. The molecule has 36 heavy (non-hydrogen) atoms. The van der Waals surface area contributed by atoms with Crippen molar-refractivity contribution in [2.45, 2.75) is 37.6 Å². The largest absolute Gasteiger partial charge is 0.488 e. The smallest absolute Gasteiger partial charge is 0.479 e. The van der Waals surface area contributed by atoms with Gasteiger partial charge in [-0.3, -0.25) is 18.9 Å². The number of hydrogen-bond donors (Lipinski definition) is 7. The lowest BCUT2D eigenvalue weighted by Gasteiger charge is -2.23. The molecule has 24 heteroatoms. The van der Waals surface area contributed by atoms with Crippen LogP contribution in [0.3, 0.4) is 0 Å². The van der Waals surface area contributed by atoms with Crippen molar-refractivity contribution in [2.75, 3.05) is 6.61 Å². The van der Waals surface area contributed by atoms with Crippen molar-refractivity contribution in [2.24, 2.45) is 5.11 Å². The minimum Gasteiger partial charge on any atom is -0.479 e. The number of carboxylic acids is 1. The zero-order valence-corrected chi connectivity index (χ0v) is 20.6. The van der Waals surface area contributed by atoms with Gasteiger partial charge in [-0.05, 0) is 12.5 Å². The summed E-state index contributed by atoms with van der Waals surface area (Å²) in [6, 6.07) is -1.11. The molecule has 1 aromatic heterocycles. The van der Waals surface area contributed by atoms with Gasteiger partial charge in [0.15, 0.2) is 0 Å². The number of phosphoric acid groups is 2. The molecule has 3 unspecified atom stereocenters. The van der Waals surface area contributed by atoms with Gasteiger partial charge >= 0.3 is 34.9 Å². The van der Waals surface area contributed by atoms with Crippen LogP contribution in [0.15, 0.2) is 20.9 Å². The maximum absolute atomic E-state index is 12.2. The molecule has 0 amide bonds. The molecule has 0 aliphatic carbocycles. The molecule has 1 aliphatic heterocycles. The van der Waals surface area contributed by atoms with E-state index < -0.39 is 71.3 Å². The molecular formula is C12H21N6O15P3. The van der Waals surface area contributed by atoms with Gasteiger partial charge in [-0.2, -0.15) is 4.31 Å². The van der Waals surface area contributed by atoms with E-state index in [0.717, 1.165) is 10.8 Å². The summed E-state index contributed by atoms with van der Waals surface area (Å²) >= 11 is 0. The Hall–Kier alpha value is -2.21. The van der Waals surface area contributed by atoms with Crippen molar-refractivity contribution in [1.29, 1.82) is 0 Å². The lowest BCUT2D eigenvalue weighted by Crippen LogP contribution is -2.34. The van der Waals surface area contributed by atoms with Crippen molar-refractivity contribution in [3.63, 3.8) is 0 Å². The first-order valence-electron chi connectivity index (χ1n) is 8.95. The molecule has 0 bridgehead atoms. The molecule has 2 heterocycles. The average molecular weight is 582 g/mol. The second-order valence-corrected chi connectivity index (χ2v) is 11.6. The Labute approximate surface area is 199 Å². The SMILES string of the molecule is Cc1cn([C@H]2C[C@H](N=[N+]=[N-])[C@@H](COC(C(=O)O)P(=O)(O)OP(=O)(O)OP(=O)(O)O)O2)c(=O)[nH]c1=O.N. The number of nitrogens with one attached hydrogen (secondary N) is 1. The Morgan fingerprint density at radius 2 is 1.92 bits per heavy atom. The Morgan fingerprint density at radius 3 is 2.44 bits per heavy atom. The summed E-state index contributed by atoms with van der Waals surface area (Å²) in [5.41, 5.74) is 7.34. The molecule has 204 valence electrons. The van der Waals surface area contributed by atoms with Crippen molar-refractivity contribution < 1.29 is 61.3 Å². The average Bonchev–Trinajstić information content (AvgIpc) is 3.04. The molecule has 0 spiro atoms. The van der Waals surface area contributed by atoms with Crippen LogP contribution >= 0.6 is 23.2 Å². The Bertz CT molecular complexity index is 1280. The van der Waals surface area contributed by atoms with E-state index in [4.69, 9.17) is 24.8 Å². The molecule has 2 rings (SSSR count). The number of carbonyl (C=O) groups is 1. The number of nitrogens with zero attached hydrogens (tertiary/aromatic N) is 4. The van der Waals surface area contributed by atoms with Gasteiger partial charge in [0.25, 0.3) is 11.4 Å². The van der Waals surface area contributed by atoms with Crippen molar-refractivity contribution in [1.82, 2.24) is 15.7 Å². The molecule has 9 N–H and O–H groups in total. The summed E-state index contributed by atoms with van der Waals surface area (Å²) in [4.78, 5) is 75.8. The molecular weight excluding hydrogens is 561 g/mol. The fraction of sp³-hybridized carbons (Fsp3) is 0.583. The van der Waals surface area contributed by atoms with Gasteiger partial charge in [-0.1, -0.05) is 5.11 Å². The topological polar surface area (TPSA) is 345 Å². The van der Waals surface area contributed by atoms with Crippen LogP contribution in [-0.2, 0) is 36.6 Å². The lowest BCUT2D eigenvalue weighted by molar-refractivity contribution is -0.148. The highest BCUT2D eigenvalue weighted by Gasteiger charge is 2.49. The summed E-state index contributed by atoms with van der Waals surface area (Å²) < 4.78 is 52.8. The van der Waals surface area contributed by atoms with Gasteiger partial charge in [0.05, 0.1) is 18.8 Å². The number of aromatic nitrogens is 2. The lowest BCUT2D eigenvalue weighted by atomic mass is 10.1. The highest BCUT2D eigenvalue weighted by molar-refractivity contribution is 7.68. The van der Waals surface area contributed by atoms with Crippen LogP contribution in [0.25, 0.3) is 10.4 Å². The summed E-state index contributed by atoms with van der Waals surface area (Å²) in [6.45, 7) is 0.485. The van der Waals surface area contributed by atoms with Crippen molar-refractivity contribution >= 4 is 29.2 Å². The van der Waals surface area contributed by atoms with Gasteiger partial charge in [0.1, 0.15) is 6.23 Å². The number of hydrogen-bond acceptors (Lipinski definition) is 12. The molecule has 0 radical (unpaired) electrons. The van der Waals surface area contributed by atoms with E-state index in [0.29, 0.717) is 0 Å². The number of carboxylic acid groups (broad SMARTS) is 1. The maximum Gasteiger partial charge on any atom is 0.488 e. The fourth-order valence-electron chi connectivity index (χ4n) is 2.85. The van der Waals surface area contributed by atoms with Crippen molar-refractivity contribution in [3.8, 4) is 0 Å². The fourth-order valence-corrected chi connectivity index (χ4v) is 6.40. The summed E-state index contributed by atoms with van der Waals surface area (Å²) in [7, 11) is -17.5. The number of aryl methyl sites for hydroxylation is 1. The van der Waals surface area contributed by atoms with Crippen LogP contribution in [0.4, 0.5) is 0 Å². The molecule has 1 aromatic rings. The van der Waals surface area contributed by atoms with Crippen LogP contribution in [0.5, 0.6) is 0 Å². The standard InChI is InChI=1S/C12H18N5O15P3.H3N/c1-5-3-17(12(21)14-9(5)18)8-2-6(15-16-13)7(30-8)4-29-11(10(19)20)33(22,23)31-35(27,28)32-34(24,25)26;/h3,6-8,11H,2,4H2,1H3,(H,19,20)(H,22,23)(H,27,28)(H,14,18,21)(H2,24,25,26);1H3/t6-,7+,8+,11?;/m0./s1. The normalized spacial score (nSPS) is 24.0. The number of H-pyrrole nitrogens is 1. The first kappa shape index (κ1) is 31.8. The first-order valence-corrected chi connectivity index (χ1v) is 13.6. The van der Waals surface area contributed by atoms with Crippen LogP contribution in [-0.4, -0.2) is 64.8 Å². The van der Waals surface area contributed by atoms with E-state index in [-0.39, 0.29) is 18.1 Å². The predicted octanol–water partition coefficient (Wildman–Crippen LogP) is -0.188. The van der Waals surface area contributed by atoms with Crippen molar-refractivity contribution in [3.05, 3.63) is 43.0 Å². The third-order valence-corrected chi connectivity index (χ3v) is 8.62. The van der Waals surface area contributed by atoms with Crippen LogP contribution in [0.1, 0.15) is 18.2 Å². The van der Waals surface area contributed by atoms with Gasteiger partial charge < -0.3 is 40.3 Å². The molecule has 1 saturated heterocycles. The van der Waals surface area contributed by atoms with Crippen LogP contribution < -0.4 is 17.4 Å². The van der Waals surface area contributed by atoms with Gasteiger partial charge in [0.2, 0.25) is 0 Å².